The molecule has 1 aromatic rings. The van der Waals surface area contributed by atoms with Gasteiger partial charge in [-0.25, -0.2) is 4.79 Å². The van der Waals surface area contributed by atoms with Gasteiger partial charge >= 0.3 is 6.03 Å². The SMILES string of the molecule is CC(=O)N1CCN(C(=O)NC[C@H](c2ccco2)N2CCCC2)CC1. The molecule has 0 radical (unpaired) electrons. The monoisotopic (exact) mass is 334 g/mol. The number of carbonyl (C=O) groups is 2. The minimum absolute atomic E-state index is 0.0612. The molecule has 0 aliphatic carbocycles. The third-order valence-corrected chi connectivity index (χ3v) is 4.91. The Bertz CT molecular complexity index is 546. The molecule has 2 fully saturated rings. The zero-order valence-corrected chi connectivity index (χ0v) is 14.2. The Labute approximate surface area is 142 Å². The van der Waals surface area contributed by atoms with Crippen molar-refractivity contribution in [1.29, 1.82) is 0 Å². The fourth-order valence-electron chi connectivity index (χ4n) is 3.46. The van der Waals surface area contributed by atoms with Crippen molar-refractivity contribution < 1.29 is 14.0 Å². The first-order valence-corrected chi connectivity index (χ1v) is 8.71. The Balaban J connectivity index is 1.53. The quantitative estimate of drug-likeness (QED) is 0.901. The van der Waals surface area contributed by atoms with Crippen LogP contribution in [0.15, 0.2) is 22.8 Å². The van der Waals surface area contributed by atoms with E-state index in [9.17, 15) is 9.59 Å². The summed E-state index contributed by atoms with van der Waals surface area (Å²) in [7, 11) is 0. The van der Waals surface area contributed by atoms with Crippen LogP contribution in [0.3, 0.4) is 0 Å². The molecule has 2 saturated heterocycles. The zero-order chi connectivity index (χ0) is 16.9. The molecule has 3 heterocycles. The van der Waals surface area contributed by atoms with E-state index in [2.05, 4.69) is 10.2 Å². The van der Waals surface area contributed by atoms with Crippen LogP contribution in [-0.4, -0.2) is 72.5 Å². The molecule has 0 aromatic carbocycles. The second-order valence-electron chi connectivity index (χ2n) is 6.45. The zero-order valence-electron chi connectivity index (χ0n) is 14.2. The van der Waals surface area contributed by atoms with Crippen LogP contribution in [0.5, 0.6) is 0 Å². The van der Waals surface area contributed by atoms with E-state index in [0.29, 0.717) is 32.7 Å². The van der Waals surface area contributed by atoms with Crippen molar-refractivity contribution in [3.8, 4) is 0 Å². The first-order valence-electron chi connectivity index (χ1n) is 8.71. The van der Waals surface area contributed by atoms with E-state index in [0.717, 1.165) is 18.8 Å². The number of urea groups is 1. The van der Waals surface area contributed by atoms with Crippen molar-refractivity contribution >= 4 is 11.9 Å². The molecule has 1 atom stereocenters. The maximum absolute atomic E-state index is 12.4. The van der Waals surface area contributed by atoms with Crippen LogP contribution < -0.4 is 5.32 Å². The van der Waals surface area contributed by atoms with Crippen molar-refractivity contribution in [1.82, 2.24) is 20.0 Å². The summed E-state index contributed by atoms with van der Waals surface area (Å²) in [4.78, 5) is 29.7. The Morgan fingerprint density at radius 1 is 1.12 bits per heavy atom. The predicted molar refractivity (Wildman–Crippen MR) is 89.5 cm³/mol. The van der Waals surface area contributed by atoms with Gasteiger partial charge in [0.05, 0.1) is 12.3 Å². The van der Waals surface area contributed by atoms with Crippen LogP contribution in [0.1, 0.15) is 31.6 Å². The summed E-state index contributed by atoms with van der Waals surface area (Å²) in [5, 5.41) is 3.04. The normalized spacial score (nSPS) is 20.2. The van der Waals surface area contributed by atoms with Gasteiger partial charge in [-0.1, -0.05) is 0 Å². The molecule has 3 amide bonds. The summed E-state index contributed by atoms with van der Waals surface area (Å²) in [5.41, 5.74) is 0. The van der Waals surface area contributed by atoms with Crippen molar-refractivity contribution in [3.63, 3.8) is 0 Å². The first kappa shape index (κ1) is 16.8. The van der Waals surface area contributed by atoms with Crippen LogP contribution in [0.4, 0.5) is 4.79 Å². The van der Waals surface area contributed by atoms with Crippen LogP contribution in [-0.2, 0) is 4.79 Å². The number of nitrogens with zero attached hydrogens (tertiary/aromatic N) is 3. The predicted octanol–water partition coefficient (Wildman–Crippen LogP) is 1.29. The van der Waals surface area contributed by atoms with Gasteiger partial charge in [0.2, 0.25) is 5.91 Å². The molecule has 0 spiro atoms. The van der Waals surface area contributed by atoms with Gasteiger partial charge in [0.1, 0.15) is 5.76 Å². The smallest absolute Gasteiger partial charge is 0.317 e. The minimum atomic E-state index is -0.0612. The summed E-state index contributed by atoms with van der Waals surface area (Å²) < 4.78 is 5.58. The van der Waals surface area contributed by atoms with E-state index < -0.39 is 0 Å². The fraction of sp³-hybridized carbons (Fsp3) is 0.647. The number of hydrogen-bond donors (Lipinski definition) is 1. The molecule has 24 heavy (non-hydrogen) atoms. The van der Waals surface area contributed by atoms with Crippen LogP contribution in [0.2, 0.25) is 0 Å². The second kappa shape index (κ2) is 7.70. The molecule has 0 unspecified atom stereocenters. The van der Waals surface area contributed by atoms with Gasteiger partial charge in [-0.3, -0.25) is 9.69 Å². The standard InChI is InChI=1S/C17H26N4O3/c1-14(22)19-8-10-21(11-9-19)17(23)18-13-15(16-5-4-12-24-16)20-6-2-3-7-20/h4-5,12,15H,2-3,6-11,13H2,1H3,(H,18,23)/t15-/m1/s1. The summed E-state index contributed by atoms with van der Waals surface area (Å²) in [5.74, 6) is 0.973. The van der Waals surface area contributed by atoms with Crippen LogP contribution in [0, 0.1) is 0 Å². The van der Waals surface area contributed by atoms with Gasteiger partial charge in [-0.05, 0) is 38.1 Å². The molecule has 2 aliphatic heterocycles. The highest BCUT2D eigenvalue weighted by molar-refractivity contribution is 5.76. The Morgan fingerprint density at radius 3 is 2.38 bits per heavy atom. The van der Waals surface area contributed by atoms with Gasteiger partial charge < -0.3 is 19.5 Å². The highest BCUT2D eigenvalue weighted by Crippen LogP contribution is 2.24. The minimum Gasteiger partial charge on any atom is -0.468 e. The van der Waals surface area contributed by atoms with Gasteiger partial charge in [-0.15, -0.1) is 0 Å². The van der Waals surface area contributed by atoms with Gasteiger partial charge in [-0.2, -0.15) is 0 Å². The number of amides is 3. The lowest BCUT2D eigenvalue weighted by Crippen LogP contribution is -2.53. The van der Waals surface area contributed by atoms with Gasteiger partial charge in [0, 0.05) is 39.6 Å². The van der Waals surface area contributed by atoms with Crippen molar-refractivity contribution in [2.45, 2.75) is 25.8 Å². The third-order valence-electron chi connectivity index (χ3n) is 4.91. The van der Waals surface area contributed by atoms with E-state index in [-0.39, 0.29) is 18.0 Å². The van der Waals surface area contributed by atoms with Crippen molar-refractivity contribution in [2.75, 3.05) is 45.8 Å². The highest BCUT2D eigenvalue weighted by Gasteiger charge is 2.27. The fourth-order valence-corrected chi connectivity index (χ4v) is 3.46. The molecule has 132 valence electrons. The molecule has 2 aliphatic rings. The summed E-state index contributed by atoms with van der Waals surface area (Å²) in [6, 6.07) is 3.89. The first-order chi connectivity index (χ1) is 11.6. The molecule has 0 saturated carbocycles. The van der Waals surface area contributed by atoms with E-state index >= 15 is 0 Å². The Morgan fingerprint density at radius 2 is 1.79 bits per heavy atom. The lowest BCUT2D eigenvalue weighted by atomic mass is 10.2. The van der Waals surface area contributed by atoms with E-state index in [1.165, 1.54) is 12.8 Å². The maximum atomic E-state index is 12.4. The molecule has 1 aromatic heterocycles. The molecule has 7 nitrogen and oxygen atoms in total. The summed E-state index contributed by atoms with van der Waals surface area (Å²) in [6.45, 7) is 6.57. The van der Waals surface area contributed by atoms with E-state index in [4.69, 9.17) is 4.42 Å². The lowest BCUT2D eigenvalue weighted by molar-refractivity contribution is -0.130. The van der Waals surface area contributed by atoms with Crippen molar-refractivity contribution in [2.24, 2.45) is 0 Å². The molecular formula is C17H26N4O3. The van der Waals surface area contributed by atoms with E-state index in [1.807, 2.05) is 12.1 Å². The third kappa shape index (κ3) is 3.90. The largest absolute Gasteiger partial charge is 0.468 e. The topological polar surface area (TPSA) is 69.0 Å². The van der Waals surface area contributed by atoms with Crippen LogP contribution in [0.25, 0.3) is 0 Å². The second-order valence-corrected chi connectivity index (χ2v) is 6.45. The van der Waals surface area contributed by atoms with Crippen LogP contribution >= 0.6 is 0 Å². The Hall–Kier alpha value is -2.02. The van der Waals surface area contributed by atoms with Crippen molar-refractivity contribution in [3.05, 3.63) is 24.2 Å². The number of likely N-dealkylation sites (tertiary alicyclic amines) is 1. The highest BCUT2D eigenvalue weighted by atomic mass is 16.3. The number of nitrogens with one attached hydrogen (secondary N) is 1. The number of piperazine rings is 1. The number of hydrogen-bond acceptors (Lipinski definition) is 4. The number of furan rings is 1. The molecule has 7 heteroatoms. The molecular weight excluding hydrogens is 308 g/mol. The summed E-state index contributed by atoms with van der Waals surface area (Å²) in [6.07, 6.45) is 4.07. The maximum Gasteiger partial charge on any atom is 0.317 e. The average Bonchev–Trinajstić information content (AvgIpc) is 3.29. The van der Waals surface area contributed by atoms with Gasteiger partial charge in [0.25, 0.3) is 0 Å². The number of carbonyl (C=O) groups excluding carboxylic acids is 2. The van der Waals surface area contributed by atoms with E-state index in [1.54, 1.807) is 23.0 Å². The van der Waals surface area contributed by atoms with Gasteiger partial charge in [0.15, 0.2) is 0 Å². The Kier molecular flexibility index (Phi) is 5.40. The molecule has 1 N–H and O–H groups in total. The average molecular weight is 334 g/mol. The lowest BCUT2D eigenvalue weighted by Gasteiger charge is -2.34. The number of rotatable bonds is 4. The molecule has 0 bridgehead atoms. The summed E-state index contributed by atoms with van der Waals surface area (Å²) >= 11 is 0. The molecule has 3 rings (SSSR count).